The molecule has 0 saturated heterocycles. The molecular formula is C20H25N5S. The molecule has 3 aromatic rings. The fourth-order valence-electron chi connectivity index (χ4n) is 3.21. The normalized spacial score (nSPS) is 14.2. The van der Waals surface area contributed by atoms with Gasteiger partial charge in [-0.15, -0.1) is 11.3 Å². The number of hydrogen-bond acceptors (Lipinski definition) is 6. The highest BCUT2D eigenvalue weighted by molar-refractivity contribution is 7.19. The number of anilines is 1. The van der Waals surface area contributed by atoms with Gasteiger partial charge in [-0.2, -0.15) is 0 Å². The Balaban J connectivity index is 1.80. The van der Waals surface area contributed by atoms with E-state index in [1.165, 1.54) is 28.7 Å². The maximum absolute atomic E-state index is 4.91. The molecule has 26 heavy (non-hydrogen) atoms. The number of rotatable bonds is 5. The van der Waals surface area contributed by atoms with E-state index in [1.54, 1.807) is 6.20 Å². The number of fused-ring (bicyclic) bond motifs is 3. The molecule has 0 unspecified atom stereocenters. The molecule has 5 nitrogen and oxygen atoms in total. The van der Waals surface area contributed by atoms with Gasteiger partial charge in [0.25, 0.3) is 0 Å². The molecule has 0 spiro atoms. The molecule has 1 aliphatic rings. The van der Waals surface area contributed by atoms with Crippen LogP contribution in [0.4, 0.5) is 5.82 Å². The minimum Gasteiger partial charge on any atom is -0.368 e. The number of thiophene rings is 1. The van der Waals surface area contributed by atoms with Crippen LogP contribution in [0.2, 0.25) is 0 Å². The molecule has 0 aromatic carbocycles. The number of aromatic nitrogens is 3. The number of nitrogens with zero attached hydrogens (tertiary/aromatic N) is 4. The van der Waals surface area contributed by atoms with Crippen molar-refractivity contribution in [2.45, 2.75) is 38.6 Å². The summed E-state index contributed by atoms with van der Waals surface area (Å²) < 4.78 is 0. The third kappa shape index (κ3) is 3.08. The van der Waals surface area contributed by atoms with Crippen LogP contribution in [0.1, 0.15) is 30.7 Å². The molecular weight excluding hydrogens is 342 g/mol. The molecule has 3 aromatic heterocycles. The Labute approximate surface area is 158 Å². The van der Waals surface area contributed by atoms with E-state index in [0.717, 1.165) is 35.0 Å². The summed E-state index contributed by atoms with van der Waals surface area (Å²) in [6.07, 6.45) is 7.15. The summed E-state index contributed by atoms with van der Waals surface area (Å²) in [5.41, 5.74) is 2.44. The van der Waals surface area contributed by atoms with Crippen LogP contribution < -0.4 is 5.32 Å². The van der Waals surface area contributed by atoms with Crippen molar-refractivity contribution in [3.8, 4) is 11.4 Å². The average molecular weight is 368 g/mol. The molecule has 0 aliphatic heterocycles. The van der Waals surface area contributed by atoms with Gasteiger partial charge in [0.2, 0.25) is 0 Å². The van der Waals surface area contributed by atoms with Gasteiger partial charge >= 0.3 is 0 Å². The van der Waals surface area contributed by atoms with Gasteiger partial charge in [0.05, 0.1) is 5.39 Å². The Morgan fingerprint density at radius 3 is 2.81 bits per heavy atom. The SMILES string of the molecule is CN(C)C(C)(C)CNc1nc(-c2cccnc2)nc2sc3c(c12)CCC3. The molecule has 0 radical (unpaired) electrons. The lowest BCUT2D eigenvalue weighted by molar-refractivity contribution is 0.210. The van der Waals surface area contributed by atoms with Crippen molar-refractivity contribution < 1.29 is 0 Å². The molecule has 0 saturated carbocycles. The van der Waals surface area contributed by atoms with Gasteiger partial charge in [0.15, 0.2) is 5.82 Å². The number of likely N-dealkylation sites (N-methyl/N-ethyl adjacent to an activating group) is 1. The van der Waals surface area contributed by atoms with Crippen molar-refractivity contribution in [1.29, 1.82) is 0 Å². The van der Waals surface area contributed by atoms with Crippen LogP contribution in [0.15, 0.2) is 24.5 Å². The van der Waals surface area contributed by atoms with Gasteiger partial charge in [-0.1, -0.05) is 0 Å². The maximum atomic E-state index is 4.91. The van der Waals surface area contributed by atoms with E-state index in [2.05, 4.69) is 43.1 Å². The fraction of sp³-hybridized carbons (Fsp3) is 0.450. The van der Waals surface area contributed by atoms with E-state index in [4.69, 9.17) is 9.97 Å². The zero-order valence-electron chi connectivity index (χ0n) is 15.8. The van der Waals surface area contributed by atoms with Crippen LogP contribution in [0, 0.1) is 0 Å². The third-order valence-corrected chi connectivity index (χ3v) is 6.57. The standard InChI is InChI=1S/C20H25N5S/c1-20(2,25(3)4)12-22-18-16-14-8-5-9-15(14)26-19(16)24-17(23-18)13-7-6-10-21-11-13/h6-7,10-11H,5,8-9,12H2,1-4H3,(H,22,23,24). The van der Waals surface area contributed by atoms with E-state index >= 15 is 0 Å². The molecule has 3 heterocycles. The molecule has 6 heteroatoms. The summed E-state index contributed by atoms with van der Waals surface area (Å²) in [4.78, 5) is 18.8. The Kier molecular flexibility index (Phi) is 4.40. The van der Waals surface area contributed by atoms with Gasteiger partial charge in [0, 0.05) is 34.9 Å². The van der Waals surface area contributed by atoms with Crippen molar-refractivity contribution >= 4 is 27.4 Å². The minimum absolute atomic E-state index is 0.0327. The van der Waals surface area contributed by atoms with Crippen LogP contribution in [-0.4, -0.2) is 46.0 Å². The summed E-state index contributed by atoms with van der Waals surface area (Å²) in [5.74, 6) is 1.71. The second kappa shape index (κ2) is 6.59. The first-order valence-electron chi connectivity index (χ1n) is 9.10. The van der Waals surface area contributed by atoms with Crippen LogP contribution >= 0.6 is 11.3 Å². The predicted octanol–water partition coefficient (Wildman–Crippen LogP) is 3.99. The van der Waals surface area contributed by atoms with Gasteiger partial charge in [-0.3, -0.25) is 4.98 Å². The van der Waals surface area contributed by atoms with Gasteiger partial charge in [0.1, 0.15) is 10.6 Å². The lowest BCUT2D eigenvalue weighted by atomic mass is 10.0. The lowest BCUT2D eigenvalue weighted by Gasteiger charge is -2.33. The zero-order valence-corrected chi connectivity index (χ0v) is 16.7. The molecule has 1 N–H and O–H groups in total. The Hall–Kier alpha value is -2.05. The number of pyridine rings is 1. The van der Waals surface area contributed by atoms with E-state index < -0.39 is 0 Å². The Morgan fingerprint density at radius 2 is 2.08 bits per heavy atom. The van der Waals surface area contributed by atoms with Crippen molar-refractivity contribution in [3.63, 3.8) is 0 Å². The molecule has 1 aliphatic carbocycles. The quantitative estimate of drug-likeness (QED) is 0.739. The molecule has 136 valence electrons. The zero-order chi connectivity index (χ0) is 18.3. The molecule has 0 atom stereocenters. The fourth-order valence-corrected chi connectivity index (χ4v) is 4.47. The van der Waals surface area contributed by atoms with Crippen LogP contribution in [0.5, 0.6) is 0 Å². The lowest BCUT2D eigenvalue weighted by Crippen LogP contribution is -2.44. The first-order chi connectivity index (χ1) is 12.5. The maximum Gasteiger partial charge on any atom is 0.164 e. The molecule has 0 bridgehead atoms. The molecule has 0 amide bonds. The van der Waals surface area contributed by atoms with Crippen LogP contribution in [-0.2, 0) is 12.8 Å². The van der Waals surface area contributed by atoms with Crippen molar-refractivity contribution in [1.82, 2.24) is 19.9 Å². The summed E-state index contributed by atoms with van der Waals surface area (Å²) in [5, 5.41) is 4.86. The molecule has 0 fully saturated rings. The van der Waals surface area contributed by atoms with Crippen molar-refractivity contribution in [3.05, 3.63) is 35.0 Å². The van der Waals surface area contributed by atoms with E-state index in [-0.39, 0.29) is 5.54 Å². The van der Waals surface area contributed by atoms with E-state index in [0.29, 0.717) is 0 Å². The van der Waals surface area contributed by atoms with Crippen molar-refractivity contribution in [2.24, 2.45) is 0 Å². The largest absolute Gasteiger partial charge is 0.368 e. The second-order valence-electron chi connectivity index (χ2n) is 7.74. The summed E-state index contributed by atoms with van der Waals surface area (Å²) >= 11 is 1.83. The first kappa shape index (κ1) is 17.4. The monoisotopic (exact) mass is 367 g/mol. The Morgan fingerprint density at radius 1 is 1.23 bits per heavy atom. The highest BCUT2D eigenvalue weighted by Gasteiger charge is 2.25. The molecule has 4 rings (SSSR count). The van der Waals surface area contributed by atoms with Gasteiger partial charge in [-0.05, 0) is 64.9 Å². The smallest absolute Gasteiger partial charge is 0.164 e. The summed E-state index contributed by atoms with van der Waals surface area (Å²) in [7, 11) is 4.22. The number of hydrogen-bond donors (Lipinski definition) is 1. The highest BCUT2D eigenvalue weighted by Crippen LogP contribution is 2.40. The van der Waals surface area contributed by atoms with E-state index in [9.17, 15) is 0 Å². The van der Waals surface area contributed by atoms with Gasteiger partial charge in [-0.25, -0.2) is 9.97 Å². The van der Waals surface area contributed by atoms with Crippen LogP contribution in [0.3, 0.4) is 0 Å². The topological polar surface area (TPSA) is 53.9 Å². The Bertz CT molecular complexity index is 930. The second-order valence-corrected chi connectivity index (χ2v) is 8.82. The number of aryl methyl sites for hydroxylation is 2. The van der Waals surface area contributed by atoms with E-state index in [1.807, 2.05) is 29.7 Å². The number of nitrogens with one attached hydrogen (secondary N) is 1. The third-order valence-electron chi connectivity index (χ3n) is 5.38. The summed E-state index contributed by atoms with van der Waals surface area (Å²) in [6.45, 7) is 5.29. The predicted molar refractivity (Wildman–Crippen MR) is 109 cm³/mol. The highest BCUT2D eigenvalue weighted by atomic mass is 32.1. The van der Waals surface area contributed by atoms with Crippen molar-refractivity contribution in [2.75, 3.05) is 26.0 Å². The average Bonchev–Trinajstić information content (AvgIpc) is 3.21. The van der Waals surface area contributed by atoms with Gasteiger partial charge < -0.3 is 10.2 Å². The minimum atomic E-state index is 0.0327. The summed E-state index contributed by atoms with van der Waals surface area (Å²) in [6, 6.07) is 3.95. The van der Waals surface area contributed by atoms with Crippen LogP contribution in [0.25, 0.3) is 21.6 Å². The first-order valence-corrected chi connectivity index (χ1v) is 9.91.